The van der Waals surface area contributed by atoms with Crippen LogP contribution in [0.2, 0.25) is 0 Å². The maximum absolute atomic E-state index is 11.0. The van der Waals surface area contributed by atoms with Crippen LogP contribution < -0.4 is 4.74 Å². The second-order valence-corrected chi connectivity index (χ2v) is 5.69. The number of aliphatic hydroxyl groups excluding tert-OH is 1. The summed E-state index contributed by atoms with van der Waals surface area (Å²) in [7, 11) is 0. The highest BCUT2D eigenvalue weighted by Gasteiger charge is 2.33. The molecule has 0 spiro atoms. The van der Waals surface area contributed by atoms with Crippen LogP contribution in [0.3, 0.4) is 0 Å². The fourth-order valence-corrected chi connectivity index (χ4v) is 3.16. The van der Waals surface area contributed by atoms with Crippen molar-refractivity contribution in [3.8, 4) is 5.75 Å². The van der Waals surface area contributed by atoms with Gasteiger partial charge in [0.1, 0.15) is 0 Å². The van der Waals surface area contributed by atoms with Gasteiger partial charge in [-0.2, -0.15) is 0 Å². The van der Waals surface area contributed by atoms with Crippen LogP contribution in [0.1, 0.15) is 22.9 Å². The van der Waals surface area contributed by atoms with Gasteiger partial charge < -0.3 is 9.84 Å². The van der Waals surface area contributed by atoms with Crippen molar-refractivity contribution in [1.82, 2.24) is 9.38 Å². The summed E-state index contributed by atoms with van der Waals surface area (Å²) in [6.45, 7) is 1.73. The van der Waals surface area contributed by atoms with Gasteiger partial charge in [-0.15, -0.1) is 4.91 Å². The Morgan fingerprint density at radius 2 is 2.13 bits per heavy atom. The zero-order chi connectivity index (χ0) is 16.0. The van der Waals surface area contributed by atoms with Gasteiger partial charge in [-0.25, -0.2) is 4.98 Å². The molecule has 0 amide bonds. The molecular weight excluding hydrogens is 294 g/mol. The van der Waals surface area contributed by atoms with Crippen LogP contribution >= 0.6 is 0 Å². The third kappa shape index (κ3) is 2.10. The fourth-order valence-electron chi connectivity index (χ4n) is 3.16. The molecule has 2 heterocycles. The number of aromatic nitrogens is 2. The van der Waals surface area contributed by atoms with Crippen LogP contribution in [-0.4, -0.2) is 20.6 Å². The Labute approximate surface area is 132 Å². The molecule has 0 saturated heterocycles. The molecule has 0 saturated carbocycles. The Morgan fingerprint density at radius 3 is 2.96 bits per heavy atom. The lowest BCUT2D eigenvalue weighted by atomic mass is 10.1. The standard InChI is InChI=1S/C17H15N3O3/c1-10-16(19-22)20-8-4-7-14(17(20)18-10)23-15-12-6-3-2-5-11(12)9-13(15)21/h2-8,13,15,21H,9H2,1H3/t13-,15-/m1/s1. The van der Waals surface area contributed by atoms with E-state index in [-0.39, 0.29) is 5.82 Å². The number of rotatable bonds is 3. The summed E-state index contributed by atoms with van der Waals surface area (Å²) >= 11 is 0. The van der Waals surface area contributed by atoms with E-state index < -0.39 is 12.2 Å². The number of fused-ring (bicyclic) bond motifs is 2. The minimum atomic E-state index is -0.604. The SMILES string of the molecule is Cc1nc2c(O[C@@H]3c4ccccc4C[C@H]3O)cccn2c1N=O. The van der Waals surface area contributed by atoms with E-state index in [2.05, 4.69) is 10.2 Å². The number of nitroso groups, excluding NO2 is 1. The van der Waals surface area contributed by atoms with E-state index in [1.54, 1.807) is 29.7 Å². The maximum atomic E-state index is 11.0. The first kappa shape index (κ1) is 13.9. The van der Waals surface area contributed by atoms with Gasteiger partial charge in [0.2, 0.25) is 5.82 Å². The molecule has 0 bridgehead atoms. The predicted octanol–water partition coefficient (Wildman–Crippen LogP) is 3.08. The zero-order valence-electron chi connectivity index (χ0n) is 12.5. The van der Waals surface area contributed by atoms with Crippen LogP contribution in [0.5, 0.6) is 5.75 Å². The molecule has 0 fully saturated rings. The quantitative estimate of drug-likeness (QED) is 0.754. The van der Waals surface area contributed by atoms with E-state index in [1.165, 1.54) is 0 Å². The number of hydrogen-bond donors (Lipinski definition) is 1. The summed E-state index contributed by atoms with van der Waals surface area (Å²) in [5.41, 5.74) is 3.14. The highest BCUT2D eigenvalue weighted by molar-refractivity contribution is 5.61. The molecule has 1 aliphatic rings. The molecule has 0 unspecified atom stereocenters. The molecule has 3 aromatic rings. The van der Waals surface area contributed by atoms with Crippen molar-refractivity contribution in [2.75, 3.05) is 0 Å². The normalized spacial score (nSPS) is 19.7. The van der Waals surface area contributed by atoms with Crippen molar-refractivity contribution in [1.29, 1.82) is 0 Å². The van der Waals surface area contributed by atoms with Crippen molar-refractivity contribution in [3.63, 3.8) is 0 Å². The van der Waals surface area contributed by atoms with Gasteiger partial charge in [0.25, 0.3) is 0 Å². The van der Waals surface area contributed by atoms with Crippen LogP contribution in [0.4, 0.5) is 5.82 Å². The van der Waals surface area contributed by atoms with Crippen LogP contribution in [-0.2, 0) is 6.42 Å². The lowest BCUT2D eigenvalue weighted by Gasteiger charge is -2.18. The highest BCUT2D eigenvalue weighted by Crippen LogP contribution is 2.37. The number of hydrogen-bond acceptors (Lipinski definition) is 5. The van der Waals surface area contributed by atoms with E-state index in [0.29, 0.717) is 23.5 Å². The maximum Gasteiger partial charge on any atom is 0.204 e. The molecule has 6 nitrogen and oxygen atoms in total. The fraction of sp³-hybridized carbons (Fsp3) is 0.235. The van der Waals surface area contributed by atoms with Gasteiger partial charge in [-0.1, -0.05) is 24.3 Å². The third-order valence-corrected chi connectivity index (χ3v) is 4.24. The first-order valence-corrected chi connectivity index (χ1v) is 7.42. The number of benzene rings is 1. The summed E-state index contributed by atoms with van der Waals surface area (Å²) in [5.74, 6) is 0.782. The molecule has 23 heavy (non-hydrogen) atoms. The van der Waals surface area contributed by atoms with E-state index in [1.807, 2.05) is 24.3 Å². The summed E-state index contributed by atoms with van der Waals surface area (Å²) in [5, 5.41) is 13.4. The lowest BCUT2D eigenvalue weighted by Crippen LogP contribution is -2.19. The van der Waals surface area contributed by atoms with E-state index >= 15 is 0 Å². The van der Waals surface area contributed by atoms with Gasteiger partial charge in [-0.05, 0) is 35.4 Å². The largest absolute Gasteiger partial charge is 0.479 e. The van der Waals surface area contributed by atoms with Crippen LogP contribution in [0.15, 0.2) is 47.8 Å². The molecule has 116 valence electrons. The number of aliphatic hydroxyl groups is 1. The molecule has 0 aliphatic heterocycles. The molecule has 1 aromatic carbocycles. The molecule has 6 heteroatoms. The topological polar surface area (TPSA) is 76.2 Å². The number of pyridine rings is 1. The number of ether oxygens (including phenoxy) is 1. The number of nitrogens with zero attached hydrogens (tertiary/aromatic N) is 3. The van der Waals surface area contributed by atoms with E-state index in [0.717, 1.165) is 11.1 Å². The minimum Gasteiger partial charge on any atom is -0.479 e. The lowest BCUT2D eigenvalue weighted by molar-refractivity contribution is 0.0502. The first-order chi connectivity index (χ1) is 11.2. The minimum absolute atomic E-state index is 0.262. The summed E-state index contributed by atoms with van der Waals surface area (Å²) in [6, 6.07) is 11.4. The van der Waals surface area contributed by atoms with E-state index in [4.69, 9.17) is 4.74 Å². The smallest absolute Gasteiger partial charge is 0.204 e. The van der Waals surface area contributed by atoms with Crippen LogP contribution in [0.25, 0.3) is 5.65 Å². The van der Waals surface area contributed by atoms with Gasteiger partial charge in [-0.3, -0.25) is 4.40 Å². The van der Waals surface area contributed by atoms with Crippen molar-refractivity contribution < 1.29 is 9.84 Å². The predicted molar refractivity (Wildman–Crippen MR) is 84.9 cm³/mol. The second kappa shape index (κ2) is 5.17. The van der Waals surface area contributed by atoms with Gasteiger partial charge >= 0.3 is 0 Å². The average Bonchev–Trinajstić information content (AvgIpc) is 3.04. The Morgan fingerprint density at radius 1 is 1.30 bits per heavy atom. The molecule has 2 aromatic heterocycles. The average molecular weight is 309 g/mol. The molecule has 4 rings (SSSR count). The summed E-state index contributed by atoms with van der Waals surface area (Å²) < 4.78 is 7.67. The molecular formula is C17H15N3O3. The number of aryl methyl sites for hydroxylation is 1. The second-order valence-electron chi connectivity index (χ2n) is 5.69. The zero-order valence-corrected chi connectivity index (χ0v) is 12.5. The summed E-state index contributed by atoms with van der Waals surface area (Å²) in [4.78, 5) is 15.4. The van der Waals surface area contributed by atoms with Crippen molar-refractivity contribution in [2.45, 2.75) is 25.6 Å². The van der Waals surface area contributed by atoms with E-state index in [9.17, 15) is 10.0 Å². The van der Waals surface area contributed by atoms with Crippen LogP contribution in [0, 0.1) is 11.8 Å². The Balaban J connectivity index is 1.78. The van der Waals surface area contributed by atoms with Gasteiger partial charge in [0, 0.05) is 12.6 Å². The van der Waals surface area contributed by atoms with Gasteiger partial charge in [0.05, 0.1) is 11.8 Å². The molecule has 2 atom stereocenters. The Kier molecular flexibility index (Phi) is 3.12. The first-order valence-electron chi connectivity index (χ1n) is 7.42. The molecule has 1 N–H and O–H groups in total. The highest BCUT2D eigenvalue weighted by atomic mass is 16.5. The Hall–Kier alpha value is -2.73. The molecule has 0 radical (unpaired) electrons. The number of imidazole rings is 1. The summed E-state index contributed by atoms with van der Waals surface area (Å²) in [6.07, 6.45) is 1.24. The van der Waals surface area contributed by atoms with Gasteiger partial charge in [0.15, 0.2) is 17.5 Å². The molecule has 1 aliphatic carbocycles. The van der Waals surface area contributed by atoms with Crippen molar-refractivity contribution in [3.05, 3.63) is 64.3 Å². The van der Waals surface area contributed by atoms with Crippen molar-refractivity contribution >= 4 is 11.5 Å². The monoisotopic (exact) mass is 309 g/mol. The Bertz CT molecular complexity index is 903. The third-order valence-electron chi connectivity index (χ3n) is 4.24. The van der Waals surface area contributed by atoms with Crippen molar-refractivity contribution in [2.24, 2.45) is 5.18 Å².